The van der Waals surface area contributed by atoms with Crippen LogP contribution in [0.25, 0.3) is 0 Å². The van der Waals surface area contributed by atoms with Crippen molar-refractivity contribution >= 4 is 5.69 Å². The first kappa shape index (κ1) is 9.71. The molecule has 0 unspecified atom stereocenters. The standard InChI is InChI=1S/C11H14N4/c1(2-11-14-8-9-15-11)5-13-10-3-6-12-7-4-10/h3-4,6-9H,1-2,5H2,(H,12,13)(H,14,15). The van der Waals surface area contributed by atoms with Crippen molar-refractivity contribution in [1.82, 2.24) is 15.0 Å². The summed E-state index contributed by atoms with van der Waals surface area (Å²) < 4.78 is 0. The third-order valence-electron chi connectivity index (χ3n) is 2.15. The second kappa shape index (κ2) is 5.14. The molecule has 2 rings (SSSR count). The predicted octanol–water partition coefficient (Wildman–Crippen LogP) is 1.85. The van der Waals surface area contributed by atoms with Gasteiger partial charge in [-0.1, -0.05) is 0 Å². The SMILES string of the molecule is c1cc(NCCCc2ncc[nH]2)ccn1. The zero-order valence-electron chi connectivity index (χ0n) is 8.48. The van der Waals surface area contributed by atoms with Gasteiger partial charge in [0.15, 0.2) is 0 Å². The summed E-state index contributed by atoms with van der Waals surface area (Å²) >= 11 is 0. The third kappa shape index (κ3) is 3.09. The number of nitrogens with zero attached hydrogens (tertiary/aromatic N) is 2. The zero-order chi connectivity index (χ0) is 10.3. The van der Waals surface area contributed by atoms with Crippen molar-refractivity contribution < 1.29 is 0 Å². The molecule has 2 N–H and O–H groups in total. The van der Waals surface area contributed by atoms with Gasteiger partial charge in [-0.25, -0.2) is 4.98 Å². The lowest BCUT2D eigenvalue weighted by Gasteiger charge is -2.04. The summed E-state index contributed by atoms with van der Waals surface area (Å²) in [5.74, 6) is 1.05. The van der Waals surface area contributed by atoms with Gasteiger partial charge in [-0.15, -0.1) is 0 Å². The largest absolute Gasteiger partial charge is 0.385 e. The molecule has 4 nitrogen and oxygen atoms in total. The number of hydrogen-bond donors (Lipinski definition) is 2. The van der Waals surface area contributed by atoms with Gasteiger partial charge in [-0.05, 0) is 18.6 Å². The molecular formula is C11H14N4. The molecule has 2 heterocycles. The van der Waals surface area contributed by atoms with Crippen molar-refractivity contribution in [3.63, 3.8) is 0 Å². The average molecular weight is 202 g/mol. The van der Waals surface area contributed by atoms with E-state index in [1.807, 2.05) is 18.3 Å². The highest BCUT2D eigenvalue weighted by atomic mass is 14.9. The molecule has 4 heteroatoms. The second-order valence-corrected chi connectivity index (χ2v) is 3.30. The van der Waals surface area contributed by atoms with E-state index in [1.165, 1.54) is 0 Å². The Labute approximate surface area is 88.8 Å². The van der Waals surface area contributed by atoms with Gasteiger partial charge in [0.2, 0.25) is 0 Å². The summed E-state index contributed by atoms with van der Waals surface area (Å²) in [5.41, 5.74) is 1.12. The number of aromatic amines is 1. The molecule has 0 aromatic carbocycles. The second-order valence-electron chi connectivity index (χ2n) is 3.30. The van der Waals surface area contributed by atoms with Gasteiger partial charge in [0.25, 0.3) is 0 Å². The Hall–Kier alpha value is -1.84. The quantitative estimate of drug-likeness (QED) is 0.727. The molecule has 2 aromatic heterocycles. The summed E-state index contributed by atoms with van der Waals surface area (Å²) in [5, 5.41) is 3.33. The highest BCUT2D eigenvalue weighted by Gasteiger charge is 1.94. The summed E-state index contributed by atoms with van der Waals surface area (Å²) in [6.07, 6.45) is 9.25. The average Bonchev–Trinajstić information content (AvgIpc) is 2.79. The van der Waals surface area contributed by atoms with Crippen LogP contribution in [0.2, 0.25) is 0 Å². The van der Waals surface area contributed by atoms with Crippen molar-refractivity contribution in [1.29, 1.82) is 0 Å². The van der Waals surface area contributed by atoms with Crippen LogP contribution >= 0.6 is 0 Å². The van der Waals surface area contributed by atoms with Crippen LogP contribution in [-0.2, 0) is 6.42 Å². The predicted molar refractivity (Wildman–Crippen MR) is 59.6 cm³/mol. The Balaban J connectivity index is 1.68. The number of nitrogens with one attached hydrogen (secondary N) is 2. The molecule has 0 aliphatic heterocycles. The van der Waals surface area contributed by atoms with Crippen molar-refractivity contribution in [2.24, 2.45) is 0 Å². The van der Waals surface area contributed by atoms with Gasteiger partial charge in [-0.2, -0.15) is 0 Å². The smallest absolute Gasteiger partial charge is 0.106 e. The van der Waals surface area contributed by atoms with E-state index < -0.39 is 0 Å². The van der Waals surface area contributed by atoms with Crippen LogP contribution in [0, 0.1) is 0 Å². The lowest BCUT2D eigenvalue weighted by atomic mass is 10.3. The summed E-state index contributed by atoms with van der Waals surface area (Å²) in [7, 11) is 0. The molecule has 0 amide bonds. The maximum Gasteiger partial charge on any atom is 0.106 e. The molecule has 0 radical (unpaired) electrons. The van der Waals surface area contributed by atoms with Gasteiger partial charge in [0, 0.05) is 43.4 Å². The van der Waals surface area contributed by atoms with E-state index in [-0.39, 0.29) is 0 Å². The van der Waals surface area contributed by atoms with Crippen molar-refractivity contribution in [2.45, 2.75) is 12.8 Å². The van der Waals surface area contributed by atoms with Crippen molar-refractivity contribution in [2.75, 3.05) is 11.9 Å². The molecule has 15 heavy (non-hydrogen) atoms. The van der Waals surface area contributed by atoms with E-state index in [9.17, 15) is 0 Å². The van der Waals surface area contributed by atoms with Crippen molar-refractivity contribution in [3.05, 3.63) is 42.7 Å². The van der Waals surface area contributed by atoms with Crippen LogP contribution in [0.4, 0.5) is 5.69 Å². The molecule has 2 aromatic rings. The highest BCUT2D eigenvalue weighted by molar-refractivity contribution is 5.40. The van der Waals surface area contributed by atoms with E-state index in [0.29, 0.717) is 0 Å². The normalized spacial score (nSPS) is 10.1. The van der Waals surface area contributed by atoms with Gasteiger partial charge in [0.1, 0.15) is 5.82 Å². The molecule has 78 valence electrons. The van der Waals surface area contributed by atoms with Crippen LogP contribution in [0.3, 0.4) is 0 Å². The van der Waals surface area contributed by atoms with Gasteiger partial charge in [0.05, 0.1) is 0 Å². The summed E-state index contributed by atoms with van der Waals surface area (Å²) in [6, 6.07) is 3.93. The third-order valence-corrected chi connectivity index (χ3v) is 2.15. The van der Waals surface area contributed by atoms with Crippen LogP contribution in [0.1, 0.15) is 12.2 Å². The number of pyridine rings is 1. The minimum atomic E-state index is 0.949. The number of H-pyrrole nitrogens is 1. The number of aromatic nitrogens is 3. The van der Waals surface area contributed by atoms with E-state index in [0.717, 1.165) is 30.9 Å². The van der Waals surface area contributed by atoms with Crippen LogP contribution < -0.4 is 5.32 Å². The van der Waals surface area contributed by atoms with E-state index in [1.54, 1.807) is 18.6 Å². The fourth-order valence-electron chi connectivity index (χ4n) is 1.39. The topological polar surface area (TPSA) is 53.6 Å². The molecule has 0 spiro atoms. The Morgan fingerprint density at radius 2 is 2.07 bits per heavy atom. The van der Waals surface area contributed by atoms with E-state index in [4.69, 9.17) is 0 Å². The van der Waals surface area contributed by atoms with Crippen LogP contribution in [-0.4, -0.2) is 21.5 Å². The maximum absolute atomic E-state index is 4.17. The summed E-state index contributed by atoms with van der Waals surface area (Å²) in [4.78, 5) is 11.2. The van der Waals surface area contributed by atoms with Crippen molar-refractivity contribution in [3.8, 4) is 0 Å². The molecule has 0 aliphatic rings. The van der Waals surface area contributed by atoms with Crippen LogP contribution in [0.15, 0.2) is 36.9 Å². The lowest BCUT2D eigenvalue weighted by molar-refractivity contribution is 0.816. The summed E-state index contributed by atoms with van der Waals surface area (Å²) in [6.45, 7) is 0.949. The van der Waals surface area contributed by atoms with Gasteiger partial charge in [-0.3, -0.25) is 4.98 Å². The molecule has 0 fully saturated rings. The van der Waals surface area contributed by atoms with E-state index >= 15 is 0 Å². The zero-order valence-corrected chi connectivity index (χ0v) is 8.48. The van der Waals surface area contributed by atoms with E-state index in [2.05, 4.69) is 20.3 Å². The Bertz CT molecular complexity index is 369. The van der Waals surface area contributed by atoms with Gasteiger partial charge >= 0.3 is 0 Å². The first-order valence-electron chi connectivity index (χ1n) is 5.07. The lowest BCUT2D eigenvalue weighted by Crippen LogP contribution is -2.03. The Morgan fingerprint density at radius 1 is 1.20 bits per heavy atom. The Morgan fingerprint density at radius 3 is 2.80 bits per heavy atom. The number of rotatable bonds is 5. The van der Waals surface area contributed by atoms with Crippen LogP contribution in [0.5, 0.6) is 0 Å². The Kier molecular flexibility index (Phi) is 3.33. The number of hydrogen-bond acceptors (Lipinski definition) is 3. The number of anilines is 1. The fraction of sp³-hybridized carbons (Fsp3) is 0.273. The molecule has 0 bridgehead atoms. The minimum absolute atomic E-state index is 0.949. The molecule has 0 atom stereocenters. The molecule has 0 aliphatic carbocycles. The maximum atomic E-state index is 4.17. The molecular weight excluding hydrogens is 188 g/mol. The number of imidazole rings is 1. The first-order valence-corrected chi connectivity index (χ1v) is 5.07. The fourth-order valence-corrected chi connectivity index (χ4v) is 1.39. The molecule has 0 saturated heterocycles. The monoisotopic (exact) mass is 202 g/mol. The van der Waals surface area contributed by atoms with Gasteiger partial charge < -0.3 is 10.3 Å². The first-order chi connectivity index (χ1) is 7.45. The highest BCUT2D eigenvalue weighted by Crippen LogP contribution is 2.03. The molecule has 0 saturated carbocycles. The number of aryl methyl sites for hydroxylation is 1. The minimum Gasteiger partial charge on any atom is -0.385 e.